The Balaban J connectivity index is 1.88. The van der Waals surface area contributed by atoms with Crippen LogP contribution in [0.5, 0.6) is 0 Å². The molecule has 0 radical (unpaired) electrons. The smallest absolute Gasteiger partial charge is 0.253 e. The van der Waals surface area contributed by atoms with Gasteiger partial charge < -0.3 is 5.11 Å². The molecule has 2 aromatic carbocycles. The summed E-state index contributed by atoms with van der Waals surface area (Å²) >= 11 is 7.25. The normalized spacial score (nSPS) is 12.0. The molecule has 1 amide bonds. The average Bonchev–Trinajstić information content (AvgIpc) is 2.59. The first-order chi connectivity index (χ1) is 11.1. The molecule has 23 heavy (non-hydrogen) atoms. The van der Waals surface area contributed by atoms with Crippen molar-refractivity contribution in [3.63, 3.8) is 0 Å². The third kappa shape index (κ3) is 5.55. The van der Waals surface area contributed by atoms with Gasteiger partial charge in [0.15, 0.2) is 0 Å². The van der Waals surface area contributed by atoms with Crippen LogP contribution >= 0.6 is 23.4 Å². The number of rotatable bonds is 7. The zero-order valence-electron chi connectivity index (χ0n) is 12.4. The highest BCUT2D eigenvalue weighted by Gasteiger charge is 2.08. The lowest BCUT2D eigenvalue weighted by Gasteiger charge is -2.11. The van der Waals surface area contributed by atoms with E-state index in [-0.39, 0.29) is 5.75 Å². The Morgan fingerprint density at radius 3 is 2.22 bits per heavy atom. The average molecular weight is 352 g/mol. The van der Waals surface area contributed by atoms with Gasteiger partial charge in [0.1, 0.15) is 0 Å². The van der Waals surface area contributed by atoms with Crippen molar-refractivity contribution in [3.05, 3.63) is 59.1 Å². The van der Waals surface area contributed by atoms with E-state index in [1.54, 1.807) is 5.48 Å². The second-order valence-electron chi connectivity index (χ2n) is 5.02. The topological polar surface area (TPSA) is 69.6 Å². The van der Waals surface area contributed by atoms with Crippen LogP contribution < -0.4 is 5.48 Å². The summed E-state index contributed by atoms with van der Waals surface area (Å²) in [6.45, 7) is 0. The number of halogens is 1. The molecule has 0 heterocycles. The van der Waals surface area contributed by atoms with Gasteiger partial charge in [0.2, 0.25) is 0 Å². The van der Waals surface area contributed by atoms with Crippen molar-refractivity contribution in [2.45, 2.75) is 12.5 Å². The van der Waals surface area contributed by atoms with E-state index in [0.717, 1.165) is 16.7 Å². The minimum absolute atomic E-state index is 0.179. The lowest BCUT2D eigenvalue weighted by atomic mass is 10.0. The van der Waals surface area contributed by atoms with E-state index < -0.39 is 12.0 Å². The van der Waals surface area contributed by atoms with Crippen molar-refractivity contribution in [2.24, 2.45) is 0 Å². The van der Waals surface area contributed by atoms with E-state index in [1.807, 2.05) is 48.5 Å². The predicted molar refractivity (Wildman–Crippen MR) is 93.7 cm³/mol. The molecule has 0 aliphatic carbocycles. The highest BCUT2D eigenvalue weighted by Crippen LogP contribution is 2.25. The minimum atomic E-state index is -0.570. The molecule has 4 nitrogen and oxygen atoms in total. The Kier molecular flexibility index (Phi) is 6.92. The van der Waals surface area contributed by atoms with Crippen LogP contribution in [0.25, 0.3) is 11.1 Å². The van der Waals surface area contributed by atoms with E-state index in [1.165, 1.54) is 11.8 Å². The molecule has 0 aliphatic rings. The molecule has 0 saturated heterocycles. The first-order valence-corrected chi connectivity index (χ1v) is 8.68. The molecule has 0 spiro atoms. The van der Waals surface area contributed by atoms with Crippen molar-refractivity contribution in [3.8, 4) is 11.1 Å². The van der Waals surface area contributed by atoms with Crippen LogP contribution in [0, 0.1) is 0 Å². The summed E-state index contributed by atoms with van der Waals surface area (Å²) in [6, 6.07) is 15.3. The van der Waals surface area contributed by atoms with Crippen LogP contribution in [-0.2, 0) is 4.79 Å². The lowest BCUT2D eigenvalue weighted by Crippen LogP contribution is -2.20. The second kappa shape index (κ2) is 8.93. The summed E-state index contributed by atoms with van der Waals surface area (Å²) in [5, 5.41) is 19.2. The molecule has 0 saturated carbocycles. The van der Waals surface area contributed by atoms with E-state index in [0.29, 0.717) is 17.2 Å². The molecular formula is C17H18ClNO3S. The van der Waals surface area contributed by atoms with Crippen molar-refractivity contribution in [2.75, 3.05) is 11.5 Å². The fourth-order valence-corrected chi connectivity index (χ4v) is 3.01. The Bertz CT molecular complexity index is 631. The lowest BCUT2D eigenvalue weighted by molar-refractivity contribution is -0.126. The van der Waals surface area contributed by atoms with Crippen LogP contribution in [0.1, 0.15) is 18.1 Å². The maximum absolute atomic E-state index is 10.9. The standard InChI is InChI=1S/C17H18ClNO3S/c18-15-7-5-13(6-8-15)12-1-3-14(4-2-12)16(20)9-10-23-11-17(21)19-22/h1-8,16,20,22H,9-11H2,(H,19,21). The van der Waals surface area contributed by atoms with Gasteiger partial charge >= 0.3 is 0 Å². The molecule has 1 unspecified atom stereocenters. The van der Waals surface area contributed by atoms with Gasteiger partial charge in [-0.2, -0.15) is 11.8 Å². The maximum Gasteiger partial charge on any atom is 0.253 e. The Hall–Kier alpha value is -1.53. The number of carbonyl (C=O) groups excluding carboxylic acids is 1. The summed E-state index contributed by atoms with van der Waals surface area (Å²) in [4.78, 5) is 10.9. The van der Waals surface area contributed by atoms with Gasteiger partial charge in [0, 0.05) is 5.02 Å². The summed E-state index contributed by atoms with van der Waals surface area (Å²) in [5.41, 5.74) is 4.55. The largest absolute Gasteiger partial charge is 0.388 e. The van der Waals surface area contributed by atoms with Crippen LogP contribution in [0.2, 0.25) is 5.02 Å². The second-order valence-corrected chi connectivity index (χ2v) is 6.56. The van der Waals surface area contributed by atoms with Gasteiger partial charge in [0.05, 0.1) is 11.9 Å². The molecule has 1 atom stereocenters. The van der Waals surface area contributed by atoms with Crippen molar-refractivity contribution >= 4 is 29.3 Å². The zero-order chi connectivity index (χ0) is 16.7. The van der Waals surface area contributed by atoms with E-state index in [2.05, 4.69) is 0 Å². The number of aliphatic hydroxyl groups is 1. The van der Waals surface area contributed by atoms with Crippen LogP contribution in [0.15, 0.2) is 48.5 Å². The quantitative estimate of drug-likeness (QED) is 0.404. The van der Waals surface area contributed by atoms with Crippen molar-refractivity contribution < 1.29 is 15.1 Å². The van der Waals surface area contributed by atoms with Gasteiger partial charge in [0.25, 0.3) is 5.91 Å². The molecule has 122 valence electrons. The first kappa shape index (κ1) is 17.8. The summed E-state index contributed by atoms with van der Waals surface area (Å²) in [7, 11) is 0. The van der Waals surface area contributed by atoms with Gasteiger partial charge in [-0.3, -0.25) is 10.0 Å². The number of benzene rings is 2. The predicted octanol–water partition coefficient (Wildman–Crippen LogP) is 3.67. The maximum atomic E-state index is 10.9. The van der Waals surface area contributed by atoms with E-state index in [4.69, 9.17) is 16.8 Å². The number of hydrogen-bond acceptors (Lipinski definition) is 4. The third-order valence-electron chi connectivity index (χ3n) is 3.37. The summed E-state index contributed by atoms with van der Waals surface area (Å²) in [6.07, 6.45) is -0.0251. The van der Waals surface area contributed by atoms with Crippen LogP contribution in [-0.4, -0.2) is 27.7 Å². The number of nitrogens with one attached hydrogen (secondary N) is 1. The van der Waals surface area contributed by atoms with Gasteiger partial charge in [-0.05, 0) is 41.0 Å². The SMILES string of the molecule is O=C(CSCCC(O)c1ccc(-c2ccc(Cl)cc2)cc1)NO. The van der Waals surface area contributed by atoms with Gasteiger partial charge in [-0.25, -0.2) is 5.48 Å². The monoisotopic (exact) mass is 351 g/mol. The third-order valence-corrected chi connectivity index (χ3v) is 4.61. The van der Waals surface area contributed by atoms with Gasteiger partial charge in [-0.15, -0.1) is 0 Å². The number of thioether (sulfide) groups is 1. The molecule has 3 N–H and O–H groups in total. The van der Waals surface area contributed by atoms with Crippen molar-refractivity contribution in [1.29, 1.82) is 0 Å². The molecule has 6 heteroatoms. The van der Waals surface area contributed by atoms with E-state index in [9.17, 15) is 9.90 Å². The molecule has 0 fully saturated rings. The Morgan fingerprint density at radius 2 is 1.65 bits per heavy atom. The summed E-state index contributed by atoms with van der Waals surface area (Å²) < 4.78 is 0. The van der Waals surface area contributed by atoms with Crippen LogP contribution in [0.4, 0.5) is 0 Å². The molecule has 2 aromatic rings. The van der Waals surface area contributed by atoms with E-state index >= 15 is 0 Å². The Labute approximate surface area is 144 Å². The molecule has 0 aromatic heterocycles. The first-order valence-electron chi connectivity index (χ1n) is 7.15. The molecule has 2 rings (SSSR count). The highest BCUT2D eigenvalue weighted by atomic mass is 35.5. The highest BCUT2D eigenvalue weighted by molar-refractivity contribution is 7.99. The minimum Gasteiger partial charge on any atom is -0.388 e. The molecular weight excluding hydrogens is 334 g/mol. The Morgan fingerprint density at radius 1 is 1.09 bits per heavy atom. The number of amides is 1. The summed E-state index contributed by atoms with van der Waals surface area (Å²) in [5.74, 6) is 0.378. The molecule has 0 aliphatic heterocycles. The number of hydrogen-bond donors (Lipinski definition) is 3. The van der Waals surface area contributed by atoms with Crippen molar-refractivity contribution in [1.82, 2.24) is 5.48 Å². The molecule has 0 bridgehead atoms. The number of hydroxylamine groups is 1. The fraction of sp³-hybridized carbons (Fsp3) is 0.235. The van der Waals surface area contributed by atoms with Gasteiger partial charge in [-0.1, -0.05) is 48.0 Å². The number of aliphatic hydroxyl groups excluding tert-OH is 1. The number of carbonyl (C=O) groups is 1. The van der Waals surface area contributed by atoms with Crippen LogP contribution in [0.3, 0.4) is 0 Å². The fourth-order valence-electron chi connectivity index (χ4n) is 2.10. The zero-order valence-corrected chi connectivity index (χ0v) is 14.0.